The Morgan fingerprint density at radius 3 is 2.28 bits per heavy atom. The van der Waals surface area contributed by atoms with Crippen LogP contribution in [0.15, 0.2) is 54.6 Å². The van der Waals surface area contributed by atoms with Crippen molar-refractivity contribution in [2.75, 3.05) is 18.8 Å². The van der Waals surface area contributed by atoms with E-state index in [4.69, 9.17) is 5.73 Å². The van der Waals surface area contributed by atoms with Crippen LogP contribution in [0, 0.1) is 5.82 Å². The van der Waals surface area contributed by atoms with Crippen molar-refractivity contribution in [3.63, 3.8) is 0 Å². The van der Waals surface area contributed by atoms with E-state index in [0.717, 1.165) is 42.4 Å². The summed E-state index contributed by atoms with van der Waals surface area (Å²) in [4.78, 5) is 4.35. The number of nitrogens with two attached hydrogens (primary N) is 1. The number of hydrogen-bond acceptors (Lipinski definition) is 3. The molecule has 2 aromatic carbocycles. The van der Waals surface area contributed by atoms with Crippen molar-refractivity contribution in [2.45, 2.75) is 12.8 Å². The zero-order valence-corrected chi connectivity index (χ0v) is 15.4. The zero-order valence-electron chi connectivity index (χ0n) is 13.7. The fraction of sp³-hybridized carbons (Fsp3) is 0.211. The fourth-order valence-electron chi connectivity index (χ4n) is 2.62. The molecular weight excluding hydrogens is 360 g/mol. The maximum Gasteiger partial charge on any atom is 0.124 e. The third-order valence-corrected chi connectivity index (χ3v) is 3.85. The summed E-state index contributed by atoms with van der Waals surface area (Å²) < 4.78 is 13.1. The first-order chi connectivity index (χ1) is 11.2. The molecule has 3 aromatic rings. The lowest BCUT2D eigenvalue weighted by Crippen LogP contribution is -2.20. The van der Waals surface area contributed by atoms with Crippen LogP contribution in [-0.4, -0.2) is 18.1 Å². The van der Waals surface area contributed by atoms with Crippen molar-refractivity contribution in [1.82, 2.24) is 10.3 Å². The van der Waals surface area contributed by atoms with E-state index in [0.29, 0.717) is 5.82 Å². The van der Waals surface area contributed by atoms with Gasteiger partial charge in [-0.05, 0) is 67.4 Å². The summed E-state index contributed by atoms with van der Waals surface area (Å²) in [7, 11) is 0. The van der Waals surface area contributed by atoms with Crippen LogP contribution in [-0.2, 0) is 12.8 Å². The number of nitrogens with one attached hydrogen (secondary N) is 1. The summed E-state index contributed by atoms with van der Waals surface area (Å²) in [6, 6.07) is 16.8. The van der Waals surface area contributed by atoms with Gasteiger partial charge in [0.1, 0.15) is 11.6 Å². The molecule has 3 nitrogen and oxygen atoms in total. The molecule has 134 valence electrons. The number of pyridine rings is 1. The molecule has 0 atom stereocenters. The summed E-state index contributed by atoms with van der Waals surface area (Å²) in [5.41, 5.74) is 8.91. The van der Waals surface area contributed by atoms with Crippen LogP contribution in [0.25, 0.3) is 10.9 Å². The average Bonchev–Trinajstić information content (AvgIpc) is 2.54. The molecule has 25 heavy (non-hydrogen) atoms. The van der Waals surface area contributed by atoms with Gasteiger partial charge in [0.2, 0.25) is 0 Å². The molecule has 0 aliphatic heterocycles. The predicted molar refractivity (Wildman–Crippen MR) is 107 cm³/mol. The van der Waals surface area contributed by atoms with Crippen LogP contribution in [0.2, 0.25) is 0 Å². The third kappa shape index (κ3) is 6.16. The smallest absolute Gasteiger partial charge is 0.124 e. The summed E-state index contributed by atoms with van der Waals surface area (Å²) in [5, 5.41) is 4.49. The van der Waals surface area contributed by atoms with Crippen molar-refractivity contribution < 1.29 is 4.39 Å². The molecule has 0 aliphatic rings. The topological polar surface area (TPSA) is 50.9 Å². The predicted octanol–water partition coefficient (Wildman–Crippen LogP) is 4.17. The molecule has 1 aromatic heterocycles. The minimum atomic E-state index is -0.176. The van der Waals surface area contributed by atoms with Gasteiger partial charge in [-0.3, -0.25) is 0 Å². The number of aromatic nitrogens is 1. The molecule has 0 saturated heterocycles. The molecule has 0 saturated carbocycles. The number of fused-ring (bicyclic) bond motifs is 1. The normalized spacial score (nSPS) is 10.1. The Labute approximate surface area is 159 Å². The lowest BCUT2D eigenvalue weighted by atomic mass is 10.1. The van der Waals surface area contributed by atoms with Crippen molar-refractivity contribution in [2.24, 2.45) is 0 Å². The quantitative estimate of drug-likeness (QED) is 0.629. The Morgan fingerprint density at radius 2 is 1.56 bits per heavy atom. The van der Waals surface area contributed by atoms with Crippen LogP contribution < -0.4 is 11.1 Å². The van der Waals surface area contributed by atoms with E-state index in [1.807, 2.05) is 18.2 Å². The van der Waals surface area contributed by atoms with Gasteiger partial charge in [0, 0.05) is 5.39 Å². The first kappa shape index (κ1) is 21.2. The molecule has 3 N–H and O–H groups in total. The van der Waals surface area contributed by atoms with Gasteiger partial charge in [0.15, 0.2) is 0 Å². The van der Waals surface area contributed by atoms with Gasteiger partial charge < -0.3 is 11.1 Å². The second-order valence-corrected chi connectivity index (χ2v) is 5.64. The number of nitrogens with zero attached hydrogens (tertiary/aromatic N) is 1. The van der Waals surface area contributed by atoms with Crippen molar-refractivity contribution in [3.8, 4) is 0 Å². The number of benzene rings is 2. The van der Waals surface area contributed by atoms with Gasteiger partial charge >= 0.3 is 0 Å². The Kier molecular flexibility index (Phi) is 8.62. The van der Waals surface area contributed by atoms with Crippen molar-refractivity contribution >= 4 is 41.5 Å². The van der Waals surface area contributed by atoms with Gasteiger partial charge in [0.25, 0.3) is 0 Å². The first-order valence-corrected chi connectivity index (χ1v) is 7.81. The minimum Gasteiger partial charge on any atom is -0.384 e. The molecule has 0 bridgehead atoms. The van der Waals surface area contributed by atoms with Crippen LogP contribution in [0.5, 0.6) is 0 Å². The molecule has 0 spiro atoms. The molecule has 3 rings (SSSR count). The van der Waals surface area contributed by atoms with E-state index in [1.165, 1.54) is 11.6 Å². The summed E-state index contributed by atoms with van der Waals surface area (Å²) in [6.45, 7) is 1.71. The van der Waals surface area contributed by atoms with Crippen LogP contribution in [0.4, 0.5) is 10.2 Å². The zero-order chi connectivity index (χ0) is 16.1. The third-order valence-electron chi connectivity index (χ3n) is 3.85. The number of nitrogen functional groups attached to an aromatic ring is 1. The van der Waals surface area contributed by atoms with Crippen molar-refractivity contribution in [1.29, 1.82) is 0 Å². The van der Waals surface area contributed by atoms with Gasteiger partial charge in [-0.2, -0.15) is 0 Å². The van der Waals surface area contributed by atoms with E-state index < -0.39 is 0 Å². The van der Waals surface area contributed by atoms with Crippen LogP contribution in [0.3, 0.4) is 0 Å². The second kappa shape index (κ2) is 10.2. The Hall–Kier alpha value is -1.88. The van der Waals surface area contributed by atoms with E-state index in [9.17, 15) is 4.39 Å². The van der Waals surface area contributed by atoms with Gasteiger partial charge in [-0.1, -0.05) is 24.3 Å². The molecule has 1 heterocycles. The largest absolute Gasteiger partial charge is 0.384 e. The molecular formula is C19H22Cl2FN3. The molecule has 0 radical (unpaired) electrons. The average molecular weight is 382 g/mol. The highest BCUT2D eigenvalue weighted by Gasteiger charge is 2.00. The summed E-state index contributed by atoms with van der Waals surface area (Å²) in [5.74, 6) is 0.369. The number of rotatable bonds is 6. The molecule has 0 unspecified atom stereocenters. The summed E-state index contributed by atoms with van der Waals surface area (Å²) in [6.07, 6.45) is 1.75. The lowest BCUT2D eigenvalue weighted by Gasteiger charge is -2.07. The fourth-order valence-corrected chi connectivity index (χ4v) is 2.62. The molecule has 0 aliphatic carbocycles. The van der Waals surface area contributed by atoms with Crippen molar-refractivity contribution in [3.05, 3.63) is 71.5 Å². The highest BCUT2D eigenvalue weighted by atomic mass is 35.5. The first-order valence-electron chi connectivity index (χ1n) is 7.81. The number of hydrogen-bond donors (Lipinski definition) is 2. The Bertz CT molecular complexity index is 812. The van der Waals surface area contributed by atoms with E-state index in [1.54, 1.807) is 12.1 Å². The number of anilines is 1. The van der Waals surface area contributed by atoms with Crippen LogP contribution >= 0.6 is 24.8 Å². The van der Waals surface area contributed by atoms with Gasteiger partial charge in [-0.15, -0.1) is 24.8 Å². The van der Waals surface area contributed by atoms with E-state index >= 15 is 0 Å². The summed E-state index contributed by atoms with van der Waals surface area (Å²) >= 11 is 0. The lowest BCUT2D eigenvalue weighted by molar-refractivity contribution is 0.622. The van der Waals surface area contributed by atoms with Gasteiger partial charge in [0.05, 0.1) is 5.52 Å². The number of halogens is 3. The highest BCUT2D eigenvalue weighted by Crippen LogP contribution is 2.15. The monoisotopic (exact) mass is 381 g/mol. The van der Waals surface area contributed by atoms with E-state index in [2.05, 4.69) is 28.5 Å². The SMILES string of the molecule is Cl.Cl.Nc1ccc2ccc(CCNCCc3cccc(F)c3)cc2n1. The Morgan fingerprint density at radius 1 is 0.880 bits per heavy atom. The van der Waals surface area contributed by atoms with E-state index in [-0.39, 0.29) is 30.6 Å². The molecule has 0 amide bonds. The molecule has 6 heteroatoms. The standard InChI is InChI=1S/C19H20FN3.2ClH/c20-17-3-1-2-14(12-17)8-10-22-11-9-15-4-5-16-6-7-19(21)23-18(16)13-15;;/h1-7,12-13,22H,8-11H2,(H2,21,23);2*1H. The highest BCUT2D eigenvalue weighted by molar-refractivity contribution is 5.85. The minimum absolute atomic E-state index is 0. The maximum absolute atomic E-state index is 13.1. The van der Waals surface area contributed by atoms with Crippen LogP contribution in [0.1, 0.15) is 11.1 Å². The maximum atomic E-state index is 13.1. The Balaban J connectivity index is 0.00000156. The van der Waals surface area contributed by atoms with Gasteiger partial charge in [-0.25, -0.2) is 9.37 Å². The second-order valence-electron chi connectivity index (χ2n) is 5.64. The molecule has 0 fully saturated rings.